The monoisotopic (exact) mass is 660 g/mol. The minimum atomic E-state index is -1.31. The van der Waals surface area contributed by atoms with Crippen molar-refractivity contribution in [2.45, 2.75) is 57.1 Å². The molecule has 4 aromatic carbocycles. The molecule has 0 radical (unpaired) electrons. The molecule has 4 aromatic rings. The van der Waals surface area contributed by atoms with Gasteiger partial charge < -0.3 is 47.7 Å². The summed E-state index contributed by atoms with van der Waals surface area (Å²) in [7, 11) is 6.50. The Hall–Kier alpha value is -4.16. The molecule has 0 saturated carbocycles. The average Bonchev–Trinajstić information content (AvgIpc) is 3.14. The largest absolute Gasteiger partial charge is 0.497 e. The molecule has 0 unspecified atom stereocenters. The van der Waals surface area contributed by atoms with Gasteiger partial charge in [-0.05, 0) is 70.8 Å². The predicted octanol–water partition coefficient (Wildman–Crippen LogP) is 5.71. The van der Waals surface area contributed by atoms with Crippen LogP contribution >= 0.6 is 0 Å². The highest BCUT2D eigenvalue weighted by molar-refractivity contribution is 5.29. The van der Waals surface area contributed by atoms with E-state index in [0.29, 0.717) is 6.61 Å². The summed E-state index contributed by atoms with van der Waals surface area (Å²) in [5.74, 6) is 3.00. The highest BCUT2D eigenvalue weighted by Gasteiger charge is 2.48. The van der Waals surface area contributed by atoms with Crippen LogP contribution in [-0.2, 0) is 50.1 Å². The molecule has 0 aromatic heterocycles. The molecule has 0 bridgehead atoms. The fourth-order valence-corrected chi connectivity index (χ4v) is 5.36. The Kier molecular flexibility index (Phi) is 13.1. The van der Waals surface area contributed by atoms with Crippen LogP contribution in [0.5, 0.6) is 23.0 Å². The van der Waals surface area contributed by atoms with Crippen LogP contribution in [0.2, 0.25) is 0 Å². The second-order valence-corrected chi connectivity index (χ2v) is 11.3. The first-order valence-electron chi connectivity index (χ1n) is 15.8. The molecule has 10 nitrogen and oxygen atoms in total. The van der Waals surface area contributed by atoms with Crippen LogP contribution in [0.4, 0.5) is 0 Å². The number of ether oxygens (including phenoxy) is 9. The first-order chi connectivity index (χ1) is 23.5. The number of rotatable bonds is 17. The van der Waals surface area contributed by atoms with Crippen molar-refractivity contribution in [1.82, 2.24) is 0 Å². The van der Waals surface area contributed by atoms with Gasteiger partial charge in [-0.25, -0.2) is 0 Å². The molecule has 1 fully saturated rings. The van der Waals surface area contributed by atoms with E-state index in [1.165, 1.54) is 0 Å². The number of benzene rings is 4. The van der Waals surface area contributed by atoms with Gasteiger partial charge >= 0.3 is 0 Å². The molecule has 5 rings (SSSR count). The maximum atomic E-state index is 11.4. The van der Waals surface area contributed by atoms with E-state index < -0.39 is 30.7 Å². The van der Waals surface area contributed by atoms with Gasteiger partial charge in [-0.2, -0.15) is 0 Å². The molecule has 0 amide bonds. The van der Waals surface area contributed by atoms with E-state index in [4.69, 9.17) is 42.6 Å². The van der Waals surface area contributed by atoms with Crippen LogP contribution in [0.3, 0.4) is 0 Å². The topological polar surface area (TPSA) is 103 Å². The third-order valence-corrected chi connectivity index (χ3v) is 8.12. The maximum absolute atomic E-state index is 11.4. The minimum absolute atomic E-state index is 0.143. The van der Waals surface area contributed by atoms with Gasteiger partial charge in [0.25, 0.3) is 0 Å². The van der Waals surface area contributed by atoms with Gasteiger partial charge in [-0.1, -0.05) is 48.5 Å². The Bertz CT molecular complexity index is 1490. The summed E-state index contributed by atoms with van der Waals surface area (Å²) in [5.41, 5.74) is 3.73. The molecule has 0 aliphatic carbocycles. The number of hydrogen-bond acceptors (Lipinski definition) is 10. The van der Waals surface area contributed by atoms with Crippen molar-refractivity contribution in [2.75, 3.05) is 35.0 Å². The smallest absolute Gasteiger partial charge is 0.184 e. The summed E-state index contributed by atoms with van der Waals surface area (Å²) in [6, 6.07) is 30.5. The van der Waals surface area contributed by atoms with E-state index in [0.717, 1.165) is 45.3 Å². The summed E-state index contributed by atoms with van der Waals surface area (Å²) >= 11 is 0. The van der Waals surface area contributed by atoms with E-state index in [1.54, 1.807) is 28.4 Å². The quantitative estimate of drug-likeness (QED) is 0.152. The van der Waals surface area contributed by atoms with Crippen molar-refractivity contribution >= 4 is 0 Å². The van der Waals surface area contributed by atoms with Crippen LogP contribution in [0.15, 0.2) is 97.1 Å². The standard InChI is InChI=1S/C38H44O10/c1-40-30-13-5-26(6-14-30)21-44-25-34-35(45-22-27-7-15-31(41-2)16-8-27)36(46-23-28-9-17-32(42-3)18-10-28)37(38(39)48-34)47-24-29-11-19-33(43-4)20-12-29/h5-20,34-39H,21-25H2,1-4H3/t34-,35-,36+,37-,38-/m1/s1. The van der Waals surface area contributed by atoms with E-state index in [9.17, 15) is 5.11 Å². The second-order valence-electron chi connectivity index (χ2n) is 11.3. The van der Waals surface area contributed by atoms with Gasteiger partial charge in [0.1, 0.15) is 47.4 Å². The van der Waals surface area contributed by atoms with Crippen molar-refractivity contribution < 1.29 is 47.7 Å². The van der Waals surface area contributed by atoms with Crippen molar-refractivity contribution in [3.8, 4) is 23.0 Å². The lowest BCUT2D eigenvalue weighted by molar-refractivity contribution is -0.317. The minimum Gasteiger partial charge on any atom is -0.497 e. The van der Waals surface area contributed by atoms with E-state index >= 15 is 0 Å². The SMILES string of the molecule is COc1ccc(COC[C@H]2O[C@@H](O)[C@H](OCc3ccc(OC)cc3)[C@@H](OCc3ccc(OC)cc3)[C@@H]2OCc2ccc(OC)cc2)cc1. The first-order valence-corrected chi connectivity index (χ1v) is 15.8. The molecule has 1 heterocycles. The van der Waals surface area contributed by atoms with Crippen LogP contribution < -0.4 is 18.9 Å². The third-order valence-electron chi connectivity index (χ3n) is 8.12. The zero-order valence-electron chi connectivity index (χ0n) is 27.8. The van der Waals surface area contributed by atoms with Crippen molar-refractivity contribution in [3.05, 3.63) is 119 Å². The van der Waals surface area contributed by atoms with Gasteiger partial charge in [-0.3, -0.25) is 0 Å². The number of hydrogen-bond donors (Lipinski definition) is 1. The van der Waals surface area contributed by atoms with E-state index in [1.807, 2.05) is 97.1 Å². The molecule has 5 atom stereocenters. The normalized spacial score (nSPS) is 20.6. The summed E-state index contributed by atoms with van der Waals surface area (Å²) < 4.78 is 53.0. The Morgan fingerprint density at radius 3 is 1.17 bits per heavy atom. The first kappa shape index (κ1) is 35.2. The molecule has 0 spiro atoms. The van der Waals surface area contributed by atoms with Crippen LogP contribution in [-0.4, -0.2) is 70.9 Å². The van der Waals surface area contributed by atoms with E-state index in [-0.39, 0.29) is 26.4 Å². The number of aliphatic hydroxyl groups excluding tert-OH is 1. The number of aliphatic hydroxyl groups is 1. The average molecular weight is 661 g/mol. The molecule has 48 heavy (non-hydrogen) atoms. The van der Waals surface area contributed by atoms with Crippen molar-refractivity contribution in [1.29, 1.82) is 0 Å². The highest BCUT2D eigenvalue weighted by atomic mass is 16.7. The van der Waals surface area contributed by atoms with Crippen molar-refractivity contribution in [3.63, 3.8) is 0 Å². The molecule has 1 saturated heterocycles. The summed E-state index contributed by atoms with van der Waals surface area (Å²) in [6.45, 7) is 1.19. The van der Waals surface area contributed by atoms with Gasteiger partial charge in [0.15, 0.2) is 6.29 Å². The highest BCUT2D eigenvalue weighted by Crippen LogP contribution is 2.31. The van der Waals surface area contributed by atoms with Crippen LogP contribution in [0, 0.1) is 0 Å². The molecule has 1 aliphatic rings. The van der Waals surface area contributed by atoms with Crippen LogP contribution in [0.25, 0.3) is 0 Å². The van der Waals surface area contributed by atoms with Crippen molar-refractivity contribution in [2.24, 2.45) is 0 Å². The molecule has 10 heteroatoms. The maximum Gasteiger partial charge on any atom is 0.184 e. The molecular weight excluding hydrogens is 616 g/mol. The predicted molar refractivity (Wildman–Crippen MR) is 178 cm³/mol. The van der Waals surface area contributed by atoms with Gasteiger partial charge in [0.05, 0.1) is 61.5 Å². The van der Waals surface area contributed by atoms with Gasteiger partial charge in [-0.15, -0.1) is 0 Å². The molecule has 1 aliphatic heterocycles. The fraction of sp³-hybridized carbons (Fsp3) is 0.368. The lowest BCUT2D eigenvalue weighted by Crippen LogP contribution is -2.61. The molecular formula is C38H44O10. The lowest BCUT2D eigenvalue weighted by atomic mass is 9.98. The Labute approximate surface area is 282 Å². The van der Waals surface area contributed by atoms with E-state index in [2.05, 4.69) is 0 Å². The Balaban J connectivity index is 1.37. The Morgan fingerprint density at radius 1 is 0.458 bits per heavy atom. The molecule has 256 valence electrons. The van der Waals surface area contributed by atoms with Crippen LogP contribution in [0.1, 0.15) is 22.3 Å². The zero-order chi connectivity index (χ0) is 33.7. The number of methoxy groups -OCH3 is 4. The summed E-state index contributed by atoms with van der Waals surface area (Å²) in [4.78, 5) is 0. The third kappa shape index (κ3) is 9.70. The van der Waals surface area contributed by atoms with Gasteiger partial charge in [0, 0.05) is 0 Å². The second kappa shape index (κ2) is 17.8. The van der Waals surface area contributed by atoms with Gasteiger partial charge in [0.2, 0.25) is 0 Å². The fourth-order valence-electron chi connectivity index (χ4n) is 5.36. The summed E-state index contributed by atoms with van der Waals surface area (Å²) in [5, 5.41) is 11.4. The lowest BCUT2D eigenvalue weighted by Gasteiger charge is -2.44. The summed E-state index contributed by atoms with van der Waals surface area (Å²) in [6.07, 6.45) is -4.23. The molecule has 1 N–H and O–H groups in total. The zero-order valence-corrected chi connectivity index (χ0v) is 27.8. The Morgan fingerprint density at radius 2 is 0.792 bits per heavy atom.